The second kappa shape index (κ2) is 10.1. The third kappa shape index (κ3) is 4.91. The molecular formula is C26H33N5O4. The van der Waals surface area contributed by atoms with E-state index in [1.54, 1.807) is 7.11 Å². The maximum absolute atomic E-state index is 12.9. The van der Waals surface area contributed by atoms with E-state index in [0.29, 0.717) is 62.3 Å². The van der Waals surface area contributed by atoms with Crippen molar-refractivity contribution in [3.8, 4) is 5.75 Å². The molecule has 1 aromatic carbocycles. The van der Waals surface area contributed by atoms with Crippen LogP contribution in [0.4, 0.5) is 5.95 Å². The molecule has 186 valence electrons. The Kier molecular flexibility index (Phi) is 6.77. The summed E-state index contributed by atoms with van der Waals surface area (Å²) in [6, 6.07) is 6.08. The van der Waals surface area contributed by atoms with Crippen LogP contribution in [0.3, 0.4) is 0 Å². The summed E-state index contributed by atoms with van der Waals surface area (Å²) in [5, 5.41) is 1.19. The number of fused-ring (bicyclic) bond motifs is 1. The van der Waals surface area contributed by atoms with Gasteiger partial charge in [0, 0.05) is 61.0 Å². The van der Waals surface area contributed by atoms with Gasteiger partial charge in [0.25, 0.3) is 5.56 Å². The molecule has 0 spiro atoms. The third-order valence-corrected chi connectivity index (χ3v) is 7.32. The van der Waals surface area contributed by atoms with Gasteiger partial charge in [-0.05, 0) is 55.9 Å². The van der Waals surface area contributed by atoms with Gasteiger partial charge in [0.05, 0.1) is 20.3 Å². The topological polar surface area (TPSA) is 104 Å². The van der Waals surface area contributed by atoms with Crippen molar-refractivity contribution < 1.29 is 14.3 Å². The van der Waals surface area contributed by atoms with E-state index in [9.17, 15) is 9.59 Å². The lowest BCUT2D eigenvalue weighted by Crippen LogP contribution is -2.39. The number of carbonyl (C=O) groups is 1. The molecule has 0 bridgehead atoms. The number of rotatable bonds is 6. The number of likely N-dealkylation sites (tertiary alicyclic amines) is 1. The zero-order valence-electron chi connectivity index (χ0n) is 20.4. The van der Waals surface area contributed by atoms with Gasteiger partial charge in [0.1, 0.15) is 5.75 Å². The highest BCUT2D eigenvalue weighted by molar-refractivity contribution is 5.85. The van der Waals surface area contributed by atoms with Crippen molar-refractivity contribution in [2.45, 2.75) is 38.5 Å². The van der Waals surface area contributed by atoms with Crippen LogP contribution in [-0.2, 0) is 16.0 Å². The van der Waals surface area contributed by atoms with Gasteiger partial charge in [-0.1, -0.05) is 0 Å². The molecule has 3 aromatic rings. The Morgan fingerprint density at radius 1 is 1.20 bits per heavy atom. The van der Waals surface area contributed by atoms with Crippen LogP contribution in [0.25, 0.3) is 10.9 Å². The minimum atomic E-state index is -0.153. The summed E-state index contributed by atoms with van der Waals surface area (Å²) in [6.07, 6.45) is 4.65. The number of hydrogen-bond donors (Lipinski definition) is 2. The van der Waals surface area contributed by atoms with E-state index in [-0.39, 0.29) is 11.5 Å². The van der Waals surface area contributed by atoms with E-state index in [2.05, 4.69) is 27.2 Å². The number of benzene rings is 1. The van der Waals surface area contributed by atoms with Crippen LogP contribution in [0.5, 0.6) is 5.75 Å². The predicted octanol–water partition coefficient (Wildman–Crippen LogP) is 2.74. The number of methoxy groups -OCH3 is 1. The number of nitrogens with zero attached hydrogens (tertiary/aromatic N) is 3. The molecule has 2 N–H and O–H groups in total. The molecule has 9 nitrogen and oxygen atoms in total. The number of morpholine rings is 1. The molecule has 2 aromatic heterocycles. The van der Waals surface area contributed by atoms with Crippen LogP contribution in [0.2, 0.25) is 0 Å². The molecule has 5 rings (SSSR count). The van der Waals surface area contributed by atoms with Gasteiger partial charge in [0.2, 0.25) is 11.9 Å². The van der Waals surface area contributed by atoms with E-state index < -0.39 is 0 Å². The van der Waals surface area contributed by atoms with E-state index in [0.717, 1.165) is 37.2 Å². The third-order valence-electron chi connectivity index (χ3n) is 7.32. The Balaban J connectivity index is 1.18. The van der Waals surface area contributed by atoms with Crippen molar-refractivity contribution in [3.05, 3.63) is 51.6 Å². The fourth-order valence-electron chi connectivity index (χ4n) is 5.23. The largest absolute Gasteiger partial charge is 0.497 e. The summed E-state index contributed by atoms with van der Waals surface area (Å²) in [4.78, 5) is 40.5. The highest BCUT2D eigenvalue weighted by atomic mass is 16.5. The van der Waals surface area contributed by atoms with Gasteiger partial charge >= 0.3 is 0 Å². The van der Waals surface area contributed by atoms with Crippen LogP contribution in [0.1, 0.15) is 42.0 Å². The number of aromatic nitrogens is 3. The quantitative estimate of drug-likeness (QED) is 0.564. The molecule has 0 saturated carbocycles. The van der Waals surface area contributed by atoms with Gasteiger partial charge in [0.15, 0.2) is 0 Å². The highest BCUT2D eigenvalue weighted by Crippen LogP contribution is 2.34. The maximum Gasteiger partial charge on any atom is 0.255 e. The first-order chi connectivity index (χ1) is 17.0. The van der Waals surface area contributed by atoms with Crippen LogP contribution in [-0.4, -0.2) is 72.3 Å². The molecule has 0 radical (unpaired) electrons. The predicted molar refractivity (Wildman–Crippen MR) is 134 cm³/mol. The van der Waals surface area contributed by atoms with Crippen LogP contribution < -0.4 is 15.2 Å². The van der Waals surface area contributed by atoms with Crippen molar-refractivity contribution in [3.63, 3.8) is 0 Å². The zero-order chi connectivity index (χ0) is 24.4. The summed E-state index contributed by atoms with van der Waals surface area (Å²) >= 11 is 0. The Bertz CT molecular complexity index is 1250. The molecule has 4 heterocycles. The average Bonchev–Trinajstić information content (AvgIpc) is 3.31. The Morgan fingerprint density at radius 3 is 2.69 bits per heavy atom. The van der Waals surface area contributed by atoms with Crippen LogP contribution >= 0.6 is 0 Å². The lowest BCUT2D eigenvalue weighted by Gasteiger charge is -2.32. The molecule has 1 amide bonds. The molecule has 2 aliphatic heterocycles. The molecule has 2 fully saturated rings. The molecule has 9 heteroatoms. The number of ether oxygens (including phenoxy) is 2. The molecular weight excluding hydrogens is 446 g/mol. The molecule has 2 aliphatic rings. The van der Waals surface area contributed by atoms with Gasteiger partial charge in [-0.3, -0.25) is 14.6 Å². The molecule has 35 heavy (non-hydrogen) atoms. The SMILES string of the molecule is COc1ccc2[nH]cc(C3CCN(C(=O)CCc4c(C)nc(N5CCOCC5)[nH]c4=O)CC3)c2c1. The number of nitrogens with one attached hydrogen (secondary N) is 2. The van der Waals surface area contributed by atoms with Gasteiger partial charge in [-0.15, -0.1) is 0 Å². The summed E-state index contributed by atoms with van der Waals surface area (Å²) in [5.41, 5.74) is 3.53. The standard InChI is InChI=1S/C26H33N5O4/c1-17-20(25(33)29-26(28-17)31-11-13-35-14-12-31)4-6-24(32)30-9-7-18(8-10-30)22-16-27-23-5-3-19(34-2)15-21(22)23/h3,5,15-16,18,27H,4,6-14H2,1-2H3,(H,28,29,33). The smallest absolute Gasteiger partial charge is 0.255 e. The van der Waals surface area contributed by atoms with Crippen molar-refractivity contribution in [2.24, 2.45) is 0 Å². The van der Waals surface area contributed by atoms with Gasteiger partial charge < -0.3 is 24.3 Å². The summed E-state index contributed by atoms with van der Waals surface area (Å²) < 4.78 is 10.8. The molecule has 0 atom stereocenters. The van der Waals surface area contributed by atoms with Gasteiger partial charge in [-0.2, -0.15) is 0 Å². The zero-order valence-corrected chi connectivity index (χ0v) is 20.4. The average molecular weight is 480 g/mol. The number of anilines is 1. The lowest BCUT2D eigenvalue weighted by molar-refractivity contribution is -0.132. The van der Waals surface area contributed by atoms with E-state index in [1.165, 1.54) is 10.9 Å². The minimum Gasteiger partial charge on any atom is -0.497 e. The van der Waals surface area contributed by atoms with E-state index in [1.807, 2.05) is 28.9 Å². The van der Waals surface area contributed by atoms with Crippen molar-refractivity contribution in [1.29, 1.82) is 0 Å². The fraction of sp³-hybridized carbons (Fsp3) is 0.500. The first-order valence-electron chi connectivity index (χ1n) is 12.4. The maximum atomic E-state index is 12.9. The minimum absolute atomic E-state index is 0.0973. The van der Waals surface area contributed by atoms with Crippen molar-refractivity contribution >= 4 is 22.8 Å². The van der Waals surface area contributed by atoms with Crippen LogP contribution in [0.15, 0.2) is 29.2 Å². The Hall–Kier alpha value is -3.33. The highest BCUT2D eigenvalue weighted by Gasteiger charge is 2.26. The number of aromatic amines is 2. The summed E-state index contributed by atoms with van der Waals surface area (Å²) in [7, 11) is 1.68. The number of amides is 1. The summed E-state index contributed by atoms with van der Waals surface area (Å²) in [6.45, 7) is 5.98. The molecule has 2 saturated heterocycles. The summed E-state index contributed by atoms with van der Waals surface area (Å²) in [5.74, 6) is 1.94. The number of H-pyrrole nitrogens is 2. The van der Waals surface area contributed by atoms with E-state index in [4.69, 9.17) is 9.47 Å². The number of piperidine rings is 1. The van der Waals surface area contributed by atoms with Crippen molar-refractivity contribution in [2.75, 3.05) is 51.4 Å². The molecule has 0 unspecified atom stereocenters. The second-order valence-electron chi connectivity index (χ2n) is 9.36. The van der Waals surface area contributed by atoms with Crippen LogP contribution in [0, 0.1) is 6.92 Å². The second-order valence-corrected chi connectivity index (χ2v) is 9.36. The number of carbonyl (C=O) groups excluding carboxylic acids is 1. The lowest BCUT2D eigenvalue weighted by atomic mass is 9.89. The Morgan fingerprint density at radius 2 is 1.97 bits per heavy atom. The fourth-order valence-corrected chi connectivity index (χ4v) is 5.23. The van der Waals surface area contributed by atoms with E-state index >= 15 is 0 Å². The monoisotopic (exact) mass is 479 g/mol. The Labute approximate surface area is 204 Å². The number of hydrogen-bond acceptors (Lipinski definition) is 6. The first kappa shape index (κ1) is 23.4. The van der Waals surface area contributed by atoms with Crippen molar-refractivity contribution in [1.82, 2.24) is 19.9 Å². The van der Waals surface area contributed by atoms with Gasteiger partial charge in [-0.25, -0.2) is 4.98 Å². The first-order valence-corrected chi connectivity index (χ1v) is 12.4. The molecule has 0 aliphatic carbocycles. The number of aryl methyl sites for hydroxylation is 1. The normalized spacial score (nSPS) is 17.2.